The molecule has 0 radical (unpaired) electrons. The van der Waals surface area contributed by atoms with Crippen molar-refractivity contribution in [2.45, 2.75) is 12.6 Å². The van der Waals surface area contributed by atoms with E-state index in [0.717, 1.165) is 24.0 Å². The first-order valence-corrected chi connectivity index (χ1v) is 6.44. The van der Waals surface area contributed by atoms with Gasteiger partial charge in [-0.15, -0.1) is 11.3 Å². The second kappa shape index (κ2) is 7.25. The number of methoxy groups -OCH3 is 1. The zero-order valence-corrected chi connectivity index (χ0v) is 11.6. The van der Waals surface area contributed by atoms with Gasteiger partial charge < -0.3 is 10.1 Å². The van der Waals surface area contributed by atoms with Crippen molar-refractivity contribution in [1.29, 1.82) is 0 Å². The van der Waals surface area contributed by atoms with Crippen LogP contribution in [0, 0.1) is 0 Å². The van der Waals surface area contributed by atoms with Crippen LogP contribution in [-0.2, 0) is 11.3 Å². The summed E-state index contributed by atoms with van der Waals surface area (Å²) in [5, 5.41) is 3.18. The highest BCUT2D eigenvalue weighted by Crippen LogP contribution is 2.22. The second-order valence-corrected chi connectivity index (χ2v) is 5.59. The van der Waals surface area contributed by atoms with Crippen molar-refractivity contribution in [2.75, 3.05) is 34.4 Å². The molecule has 0 fully saturated rings. The molecule has 0 amide bonds. The first-order valence-electron chi connectivity index (χ1n) is 5.25. The molecule has 0 saturated heterocycles. The van der Waals surface area contributed by atoms with Gasteiger partial charge >= 0.3 is 0 Å². The van der Waals surface area contributed by atoms with Gasteiger partial charge in [0.2, 0.25) is 0 Å². The number of hydrogen-bond donors (Lipinski definition) is 1. The maximum atomic E-state index is 5.91. The average molecular weight is 263 g/mol. The van der Waals surface area contributed by atoms with Crippen molar-refractivity contribution >= 4 is 22.9 Å². The number of halogens is 1. The zero-order chi connectivity index (χ0) is 12.0. The van der Waals surface area contributed by atoms with E-state index < -0.39 is 0 Å². The molecule has 92 valence electrons. The van der Waals surface area contributed by atoms with Crippen LogP contribution < -0.4 is 5.32 Å². The molecule has 1 N–H and O–H groups in total. The summed E-state index contributed by atoms with van der Waals surface area (Å²) in [6.45, 7) is 2.56. The molecule has 0 aromatic carbocycles. The maximum Gasteiger partial charge on any atom is 0.0931 e. The van der Waals surface area contributed by atoms with Crippen LogP contribution in [0.25, 0.3) is 0 Å². The minimum Gasteiger partial charge on any atom is -0.383 e. The molecule has 0 aliphatic rings. The molecule has 5 heteroatoms. The zero-order valence-electron chi connectivity index (χ0n) is 10.00. The molecule has 1 atom stereocenters. The summed E-state index contributed by atoms with van der Waals surface area (Å²) < 4.78 is 6.06. The van der Waals surface area contributed by atoms with Crippen LogP contribution in [0.4, 0.5) is 0 Å². The number of hydrogen-bond acceptors (Lipinski definition) is 4. The molecule has 0 spiro atoms. The van der Waals surface area contributed by atoms with Gasteiger partial charge in [0.1, 0.15) is 0 Å². The van der Waals surface area contributed by atoms with E-state index in [0.29, 0.717) is 6.04 Å². The van der Waals surface area contributed by atoms with Crippen molar-refractivity contribution in [3.05, 3.63) is 21.3 Å². The summed E-state index contributed by atoms with van der Waals surface area (Å²) in [6.07, 6.45) is 0. The highest BCUT2D eigenvalue weighted by atomic mass is 35.5. The highest BCUT2D eigenvalue weighted by molar-refractivity contribution is 7.16. The molecule has 0 aliphatic carbocycles. The predicted molar refractivity (Wildman–Crippen MR) is 70.4 cm³/mol. The molecule has 1 aromatic heterocycles. The van der Waals surface area contributed by atoms with Gasteiger partial charge in [-0.3, -0.25) is 4.90 Å². The summed E-state index contributed by atoms with van der Waals surface area (Å²) in [4.78, 5) is 3.56. The largest absolute Gasteiger partial charge is 0.383 e. The number of rotatable bonds is 7. The Kier molecular flexibility index (Phi) is 6.31. The van der Waals surface area contributed by atoms with Gasteiger partial charge in [-0.05, 0) is 26.2 Å². The highest BCUT2D eigenvalue weighted by Gasteiger charge is 2.14. The molecular weight excluding hydrogens is 244 g/mol. The summed E-state index contributed by atoms with van der Waals surface area (Å²) in [6, 6.07) is 4.40. The summed E-state index contributed by atoms with van der Waals surface area (Å²) in [7, 11) is 5.80. The second-order valence-electron chi connectivity index (χ2n) is 3.79. The number of thiophene rings is 1. The molecule has 0 saturated carbocycles. The van der Waals surface area contributed by atoms with E-state index in [1.54, 1.807) is 18.4 Å². The minimum atomic E-state index is 0.385. The quantitative estimate of drug-likeness (QED) is 0.814. The molecule has 1 unspecified atom stereocenters. The molecule has 1 aromatic rings. The van der Waals surface area contributed by atoms with E-state index in [4.69, 9.17) is 16.3 Å². The Balaban J connectivity index is 2.50. The first kappa shape index (κ1) is 13.9. The van der Waals surface area contributed by atoms with Gasteiger partial charge in [0.05, 0.1) is 10.9 Å². The average Bonchev–Trinajstić information content (AvgIpc) is 2.63. The van der Waals surface area contributed by atoms with Crippen LogP contribution in [0.1, 0.15) is 4.88 Å². The van der Waals surface area contributed by atoms with Crippen molar-refractivity contribution < 1.29 is 4.74 Å². The van der Waals surface area contributed by atoms with E-state index in [1.807, 2.05) is 13.1 Å². The third-order valence-corrected chi connectivity index (χ3v) is 3.67. The Bertz CT molecular complexity index is 300. The van der Waals surface area contributed by atoms with Gasteiger partial charge in [0.25, 0.3) is 0 Å². The number of ether oxygens (including phenoxy) is 1. The van der Waals surface area contributed by atoms with Crippen LogP contribution in [0.3, 0.4) is 0 Å². The lowest BCUT2D eigenvalue weighted by atomic mass is 10.2. The van der Waals surface area contributed by atoms with Gasteiger partial charge in [-0.1, -0.05) is 11.6 Å². The fourth-order valence-electron chi connectivity index (χ4n) is 1.58. The Hall–Kier alpha value is -0.130. The summed E-state index contributed by atoms with van der Waals surface area (Å²) in [5.74, 6) is 0. The van der Waals surface area contributed by atoms with E-state index in [9.17, 15) is 0 Å². The lowest BCUT2D eigenvalue weighted by molar-refractivity contribution is 0.103. The van der Waals surface area contributed by atoms with Crippen molar-refractivity contribution in [3.8, 4) is 0 Å². The van der Waals surface area contributed by atoms with Crippen molar-refractivity contribution in [2.24, 2.45) is 0 Å². The lowest BCUT2D eigenvalue weighted by Gasteiger charge is -2.26. The summed E-state index contributed by atoms with van der Waals surface area (Å²) in [5.41, 5.74) is 0. The van der Waals surface area contributed by atoms with Crippen LogP contribution in [0.5, 0.6) is 0 Å². The van der Waals surface area contributed by atoms with E-state index in [-0.39, 0.29) is 0 Å². The van der Waals surface area contributed by atoms with E-state index >= 15 is 0 Å². The SMILES string of the molecule is CNCC(COC)N(C)Cc1ccc(Cl)s1. The third kappa shape index (κ3) is 4.39. The molecule has 16 heavy (non-hydrogen) atoms. The normalized spacial score (nSPS) is 13.3. The Labute approximate surface area is 106 Å². The van der Waals surface area contributed by atoms with Gasteiger partial charge in [0, 0.05) is 31.1 Å². The standard InChI is InChI=1S/C11H19ClN2OS/c1-13-6-9(8-15-3)14(2)7-10-4-5-11(12)16-10/h4-5,9,13H,6-8H2,1-3H3. The van der Waals surface area contributed by atoms with Gasteiger partial charge in [-0.2, -0.15) is 0 Å². The molecule has 1 rings (SSSR count). The first-order chi connectivity index (χ1) is 7.67. The monoisotopic (exact) mass is 262 g/mol. The lowest BCUT2D eigenvalue weighted by Crippen LogP contribution is -2.41. The fraction of sp³-hybridized carbons (Fsp3) is 0.636. The van der Waals surface area contributed by atoms with Crippen LogP contribution >= 0.6 is 22.9 Å². The Morgan fingerprint density at radius 3 is 2.81 bits per heavy atom. The van der Waals surface area contributed by atoms with Crippen LogP contribution in [0.2, 0.25) is 4.34 Å². The van der Waals surface area contributed by atoms with E-state index in [1.165, 1.54) is 4.88 Å². The van der Waals surface area contributed by atoms with Crippen LogP contribution in [-0.4, -0.2) is 45.3 Å². The summed E-state index contributed by atoms with van der Waals surface area (Å²) >= 11 is 7.54. The maximum absolute atomic E-state index is 5.91. The molecule has 0 bridgehead atoms. The minimum absolute atomic E-state index is 0.385. The van der Waals surface area contributed by atoms with Crippen LogP contribution in [0.15, 0.2) is 12.1 Å². The molecule has 1 heterocycles. The predicted octanol–water partition coefficient (Wildman–Crippen LogP) is 2.07. The molecular formula is C11H19ClN2OS. The van der Waals surface area contributed by atoms with Crippen molar-refractivity contribution in [3.63, 3.8) is 0 Å². The third-order valence-electron chi connectivity index (χ3n) is 2.46. The Morgan fingerprint density at radius 2 is 2.31 bits per heavy atom. The molecule has 3 nitrogen and oxygen atoms in total. The van der Waals surface area contributed by atoms with Gasteiger partial charge in [-0.25, -0.2) is 0 Å². The topological polar surface area (TPSA) is 24.5 Å². The number of nitrogens with zero attached hydrogens (tertiary/aromatic N) is 1. The van der Waals surface area contributed by atoms with E-state index in [2.05, 4.69) is 23.3 Å². The smallest absolute Gasteiger partial charge is 0.0931 e. The number of nitrogens with one attached hydrogen (secondary N) is 1. The fourth-order valence-corrected chi connectivity index (χ4v) is 2.73. The van der Waals surface area contributed by atoms with Crippen molar-refractivity contribution in [1.82, 2.24) is 10.2 Å². The van der Waals surface area contributed by atoms with Gasteiger partial charge in [0.15, 0.2) is 0 Å². The Morgan fingerprint density at radius 1 is 1.56 bits per heavy atom. The number of likely N-dealkylation sites (N-methyl/N-ethyl adjacent to an activating group) is 2. The molecule has 0 aliphatic heterocycles.